The van der Waals surface area contributed by atoms with E-state index in [0.717, 1.165) is 0 Å². The van der Waals surface area contributed by atoms with E-state index in [4.69, 9.17) is 5.11 Å². The van der Waals surface area contributed by atoms with Crippen LogP contribution in [-0.2, 0) is 0 Å². The van der Waals surface area contributed by atoms with Gasteiger partial charge in [-0.15, -0.1) is 0 Å². The molecule has 1 aromatic rings. The molecule has 1 N–H and O–H groups in total. The highest BCUT2D eigenvalue weighted by Crippen LogP contribution is 2.06. The Morgan fingerprint density at radius 1 is 1.27 bits per heavy atom. The number of carboxylic acid groups (broad SMARTS) is 1. The third-order valence-electron chi connectivity index (χ3n) is 1.89. The van der Waals surface area contributed by atoms with E-state index in [0.29, 0.717) is 5.56 Å². The molecule has 0 unspecified atom stereocenters. The van der Waals surface area contributed by atoms with Gasteiger partial charge >= 0.3 is 5.97 Å². The van der Waals surface area contributed by atoms with Crippen molar-refractivity contribution in [2.24, 2.45) is 0 Å². The molecule has 4 heteroatoms. The number of carbonyl (C=O) groups excluding carboxylic acids is 1. The Balaban J connectivity index is 2.90. The zero-order valence-corrected chi connectivity index (χ0v) is 8.73. The van der Waals surface area contributed by atoms with Crippen molar-refractivity contribution in [1.82, 2.24) is 4.90 Å². The van der Waals surface area contributed by atoms with E-state index in [1.165, 1.54) is 12.1 Å². The molecule has 1 aromatic carbocycles. The number of rotatable bonds is 4. The highest BCUT2D eigenvalue weighted by atomic mass is 16.4. The lowest BCUT2D eigenvalue weighted by molar-refractivity contribution is 0.0697. The SMILES string of the molecule is CN(C)CC(=O)c1cccc(C(=O)O)c1. The summed E-state index contributed by atoms with van der Waals surface area (Å²) in [6.07, 6.45) is 0. The van der Waals surface area contributed by atoms with E-state index >= 15 is 0 Å². The fourth-order valence-electron chi connectivity index (χ4n) is 1.20. The zero-order valence-electron chi connectivity index (χ0n) is 8.73. The van der Waals surface area contributed by atoms with Crippen molar-refractivity contribution in [3.63, 3.8) is 0 Å². The first-order valence-corrected chi connectivity index (χ1v) is 4.52. The van der Waals surface area contributed by atoms with Gasteiger partial charge in [0.1, 0.15) is 0 Å². The molecule has 0 atom stereocenters. The van der Waals surface area contributed by atoms with Crippen LogP contribution in [0, 0.1) is 0 Å². The minimum atomic E-state index is -1.02. The summed E-state index contributed by atoms with van der Waals surface area (Å²) in [5, 5.41) is 8.75. The Morgan fingerprint density at radius 3 is 2.40 bits per heavy atom. The molecule has 0 fully saturated rings. The number of likely N-dealkylation sites (N-methyl/N-ethyl adjacent to an activating group) is 1. The van der Waals surface area contributed by atoms with Crippen molar-refractivity contribution in [3.05, 3.63) is 35.4 Å². The van der Waals surface area contributed by atoms with Crippen LogP contribution in [0.4, 0.5) is 0 Å². The average Bonchev–Trinajstić information content (AvgIpc) is 2.17. The third kappa shape index (κ3) is 3.18. The number of nitrogens with zero attached hydrogens (tertiary/aromatic N) is 1. The van der Waals surface area contributed by atoms with E-state index in [1.807, 2.05) is 0 Å². The zero-order chi connectivity index (χ0) is 11.4. The number of Topliss-reactive ketones (excluding diaryl/α,β-unsaturated/α-hetero) is 1. The summed E-state index contributed by atoms with van der Waals surface area (Å²) in [6.45, 7) is 0.281. The van der Waals surface area contributed by atoms with Crippen LogP contribution in [0.1, 0.15) is 20.7 Å². The van der Waals surface area contributed by atoms with Crippen LogP contribution in [0.2, 0.25) is 0 Å². The van der Waals surface area contributed by atoms with Crippen LogP contribution in [-0.4, -0.2) is 42.4 Å². The second-order valence-corrected chi connectivity index (χ2v) is 3.55. The lowest BCUT2D eigenvalue weighted by Crippen LogP contribution is -2.21. The Hall–Kier alpha value is -1.68. The predicted molar refractivity (Wildman–Crippen MR) is 56.3 cm³/mol. The van der Waals surface area contributed by atoms with E-state index in [-0.39, 0.29) is 17.9 Å². The molecular formula is C11H13NO3. The lowest BCUT2D eigenvalue weighted by atomic mass is 10.1. The van der Waals surface area contributed by atoms with Crippen molar-refractivity contribution in [1.29, 1.82) is 0 Å². The van der Waals surface area contributed by atoms with Crippen molar-refractivity contribution in [2.45, 2.75) is 0 Å². The first kappa shape index (κ1) is 11.4. The molecule has 0 radical (unpaired) electrons. The Labute approximate surface area is 88.1 Å². The molecular weight excluding hydrogens is 194 g/mol. The standard InChI is InChI=1S/C11H13NO3/c1-12(2)7-10(13)8-4-3-5-9(6-8)11(14)15/h3-6H,7H2,1-2H3,(H,14,15). The van der Waals surface area contributed by atoms with Gasteiger partial charge in [0.05, 0.1) is 12.1 Å². The maximum atomic E-state index is 11.6. The van der Waals surface area contributed by atoms with Gasteiger partial charge in [-0.1, -0.05) is 12.1 Å². The number of carbonyl (C=O) groups is 2. The summed E-state index contributed by atoms with van der Waals surface area (Å²) in [7, 11) is 3.58. The van der Waals surface area contributed by atoms with Crippen LogP contribution in [0.5, 0.6) is 0 Å². The van der Waals surface area contributed by atoms with Crippen molar-refractivity contribution in [2.75, 3.05) is 20.6 Å². The normalized spacial score (nSPS) is 10.3. The minimum absolute atomic E-state index is 0.0805. The number of hydrogen-bond donors (Lipinski definition) is 1. The fourth-order valence-corrected chi connectivity index (χ4v) is 1.20. The number of aromatic carboxylic acids is 1. The molecule has 15 heavy (non-hydrogen) atoms. The third-order valence-corrected chi connectivity index (χ3v) is 1.89. The van der Waals surface area contributed by atoms with Crippen molar-refractivity contribution >= 4 is 11.8 Å². The summed E-state index contributed by atoms with van der Waals surface area (Å²) >= 11 is 0. The molecule has 0 aromatic heterocycles. The summed E-state index contributed by atoms with van der Waals surface area (Å²) in [4.78, 5) is 24.0. The first-order chi connectivity index (χ1) is 7.00. The van der Waals surface area contributed by atoms with Gasteiger partial charge in [0.25, 0.3) is 0 Å². The molecule has 0 amide bonds. The van der Waals surface area contributed by atoms with Crippen LogP contribution < -0.4 is 0 Å². The molecule has 0 bridgehead atoms. The second kappa shape index (κ2) is 4.70. The number of ketones is 1. The molecule has 0 aliphatic rings. The van der Waals surface area contributed by atoms with Crippen LogP contribution in [0.25, 0.3) is 0 Å². The molecule has 0 aliphatic heterocycles. The molecule has 0 saturated carbocycles. The number of hydrogen-bond acceptors (Lipinski definition) is 3. The topological polar surface area (TPSA) is 57.6 Å². The van der Waals surface area contributed by atoms with E-state index in [1.54, 1.807) is 31.1 Å². The number of carboxylic acids is 1. The lowest BCUT2D eigenvalue weighted by Gasteiger charge is -2.08. The van der Waals surface area contributed by atoms with E-state index in [2.05, 4.69) is 0 Å². The summed E-state index contributed by atoms with van der Waals surface area (Å²) in [5.74, 6) is -1.10. The smallest absolute Gasteiger partial charge is 0.335 e. The Morgan fingerprint density at radius 2 is 1.87 bits per heavy atom. The van der Waals surface area contributed by atoms with Crippen LogP contribution in [0.15, 0.2) is 24.3 Å². The molecule has 0 heterocycles. The van der Waals surface area contributed by atoms with Crippen molar-refractivity contribution < 1.29 is 14.7 Å². The highest BCUT2D eigenvalue weighted by Gasteiger charge is 2.09. The molecule has 0 aliphatic carbocycles. The first-order valence-electron chi connectivity index (χ1n) is 4.52. The van der Waals surface area contributed by atoms with Crippen LogP contribution in [0.3, 0.4) is 0 Å². The summed E-state index contributed by atoms with van der Waals surface area (Å²) in [5.41, 5.74) is 0.572. The van der Waals surface area contributed by atoms with Gasteiger partial charge in [-0.2, -0.15) is 0 Å². The van der Waals surface area contributed by atoms with Crippen LogP contribution >= 0.6 is 0 Å². The molecule has 80 valence electrons. The summed E-state index contributed by atoms with van der Waals surface area (Å²) in [6, 6.07) is 6.06. The maximum absolute atomic E-state index is 11.6. The van der Waals surface area contributed by atoms with Gasteiger partial charge in [0.2, 0.25) is 0 Å². The van der Waals surface area contributed by atoms with Gasteiger partial charge in [-0.25, -0.2) is 4.79 Å². The Kier molecular flexibility index (Phi) is 3.57. The monoisotopic (exact) mass is 207 g/mol. The molecule has 1 rings (SSSR count). The maximum Gasteiger partial charge on any atom is 0.335 e. The molecule has 0 spiro atoms. The summed E-state index contributed by atoms with van der Waals surface area (Å²) < 4.78 is 0. The van der Waals surface area contributed by atoms with Gasteiger partial charge < -0.3 is 10.0 Å². The quantitative estimate of drug-likeness (QED) is 0.752. The van der Waals surface area contributed by atoms with Gasteiger partial charge in [0, 0.05) is 5.56 Å². The van der Waals surface area contributed by atoms with E-state index in [9.17, 15) is 9.59 Å². The largest absolute Gasteiger partial charge is 0.478 e. The van der Waals surface area contributed by atoms with Gasteiger partial charge in [-0.05, 0) is 26.2 Å². The minimum Gasteiger partial charge on any atom is -0.478 e. The average molecular weight is 207 g/mol. The fraction of sp³-hybridized carbons (Fsp3) is 0.273. The number of benzene rings is 1. The van der Waals surface area contributed by atoms with E-state index < -0.39 is 5.97 Å². The van der Waals surface area contributed by atoms with Crippen molar-refractivity contribution in [3.8, 4) is 0 Å². The van der Waals surface area contributed by atoms with Gasteiger partial charge in [0.15, 0.2) is 5.78 Å². The highest BCUT2D eigenvalue weighted by molar-refractivity contribution is 5.99. The second-order valence-electron chi connectivity index (χ2n) is 3.55. The molecule has 4 nitrogen and oxygen atoms in total. The predicted octanol–water partition coefficient (Wildman–Crippen LogP) is 1.13. The Bertz CT molecular complexity index is 385. The van der Waals surface area contributed by atoms with Gasteiger partial charge in [-0.3, -0.25) is 4.79 Å². The molecule has 0 saturated heterocycles.